The lowest BCUT2D eigenvalue weighted by atomic mass is 10.0. The van der Waals surface area contributed by atoms with Gasteiger partial charge in [0.2, 0.25) is 5.95 Å². The molecule has 2 fully saturated rings. The van der Waals surface area contributed by atoms with Gasteiger partial charge in [0.05, 0.1) is 0 Å². The fourth-order valence-corrected chi connectivity index (χ4v) is 3.89. The summed E-state index contributed by atoms with van der Waals surface area (Å²) in [6.45, 7) is 1.98. The molecule has 1 amide bonds. The Morgan fingerprint density at radius 1 is 1.00 bits per heavy atom. The number of hydrogen-bond acceptors (Lipinski definition) is 4. The third-order valence-corrected chi connectivity index (χ3v) is 4.96. The number of hydrogen-bond donors (Lipinski definition) is 1. The highest BCUT2D eigenvalue weighted by Gasteiger charge is 2.42. The summed E-state index contributed by atoms with van der Waals surface area (Å²) < 4.78 is 0. The molecule has 0 bridgehead atoms. The predicted octanol–water partition coefficient (Wildman–Crippen LogP) is 2.12. The summed E-state index contributed by atoms with van der Waals surface area (Å²) in [7, 11) is 0. The minimum absolute atomic E-state index is 0.0406. The van der Waals surface area contributed by atoms with E-state index in [0.29, 0.717) is 11.8 Å². The molecule has 2 heterocycles. The summed E-state index contributed by atoms with van der Waals surface area (Å²) in [5.41, 5.74) is 0.740. The number of fused-ring (bicyclic) bond motifs is 1. The zero-order valence-electron chi connectivity index (χ0n) is 12.9. The third-order valence-electron chi connectivity index (χ3n) is 4.96. The highest BCUT2D eigenvalue weighted by Crippen LogP contribution is 2.39. The van der Waals surface area contributed by atoms with Crippen LogP contribution in [0.15, 0.2) is 48.8 Å². The molecule has 1 saturated heterocycles. The van der Waals surface area contributed by atoms with Crippen molar-refractivity contribution in [1.29, 1.82) is 0 Å². The Morgan fingerprint density at radius 2 is 1.65 bits per heavy atom. The molecule has 2 aromatic rings. The summed E-state index contributed by atoms with van der Waals surface area (Å²) in [4.78, 5) is 23.2. The maximum absolute atomic E-state index is 12.3. The number of benzene rings is 1. The van der Waals surface area contributed by atoms with Crippen LogP contribution in [0.4, 0.5) is 5.95 Å². The first kappa shape index (κ1) is 14.2. The van der Waals surface area contributed by atoms with Gasteiger partial charge in [-0.15, -0.1) is 0 Å². The lowest BCUT2D eigenvalue weighted by molar-refractivity contribution is 0.0936. The topological polar surface area (TPSA) is 58.1 Å². The second-order valence-corrected chi connectivity index (χ2v) is 6.48. The second-order valence-electron chi connectivity index (χ2n) is 6.48. The number of nitrogens with zero attached hydrogens (tertiary/aromatic N) is 3. The molecule has 0 spiro atoms. The van der Waals surface area contributed by atoms with E-state index >= 15 is 0 Å². The smallest absolute Gasteiger partial charge is 0.251 e. The number of amides is 1. The average Bonchev–Trinajstić information content (AvgIpc) is 3.15. The maximum atomic E-state index is 12.3. The van der Waals surface area contributed by atoms with Gasteiger partial charge in [-0.2, -0.15) is 0 Å². The van der Waals surface area contributed by atoms with Gasteiger partial charge in [0.1, 0.15) is 0 Å². The Kier molecular flexibility index (Phi) is 3.69. The number of carbonyl (C=O) groups is 1. The van der Waals surface area contributed by atoms with Crippen LogP contribution in [0.2, 0.25) is 0 Å². The van der Waals surface area contributed by atoms with Gasteiger partial charge in [0.25, 0.3) is 5.91 Å². The van der Waals surface area contributed by atoms with Gasteiger partial charge < -0.3 is 10.2 Å². The Labute approximate surface area is 135 Å². The van der Waals surface area contributed by atoms with Gasteiger partial charge in [-0.1, -0.05) is 18.2 Å². The van der Waals surface area contributed by atoms with E-state index in [4.69, 9.17) is 0 Å². The standard InChI is InChI=1S/C18H20N4O/c23-17(13-5-2-1-3-6-13)21-16-9-14-11-22(12-15(14)10-16)18-19-7-4-8-20-18/h1-8,14-16H,9-12H2,(H,21,23). The lowest BCUT2D eigenvalue weighted by Crippen LogP contribution is -2.35. The van der Waals surface area contributed by atoms with Crippen molar-refractivity contribution in [3.63, 3.8) is 0 Å². The summed E-state index contributed by atoms with van der Waals surface area (Å²) in [6.07, 6.45) is 5.68. The maximum Gasteiger partial charge on any atom is 0.251 e. The van der Waals surface area contributed by atoms with Gasteiger partial charge >= 0.3 is 0 Å². The number of aromatic nitrogens is 2. The van der Waals surface area contributed by atoms with Crippen LogP contribution in [0.5, 0.6) is 0 Å². The highest BCUT2D eigenvalue weighted by molar-refractivity contribution is 5.94. The molecule has 1 aromatic carbocycles. The molecular weight excluding hydrogens is 288 g/mol. The Morgan fingerprint density at radius 3 is 2.30 bits per heavy atom. The van der Waals surface area contributed by atoms with Gasteiger partial charge in [-0.25, -0.2) is 9.97 Å². The van der Waals surface area contributed by atoms with E-state index in [-0.39, 0.29) is 11.9 Å². The normalized spacial score (nSPS) is 26.1. The molecule has 1 N–H and O–H groups in total. The molecule has 118 valence electrons. The number of carbonyl (C=O) groups excluding carboxylic acids is 1. The number of anilines is 1. The molecule has 2 aliphatic rings. The van der Waals surface area contributed by atoms with E-state index in [1.165, 1.54) is 0 Å². The van der Waals surface area contributed by atoms with Gasteiger partial charge in [-0.05, 0) is 42.9 Å². The Hall–Kier alpha value is -2.43. The van der Waals surface area contributed by atoms with Crippen molar-refractivity contribution >= 4 is 11.9 Å². The molecule has 2 atom stereocenters. The molecule has 5 nitrogen and oxygen atoms in total. The molecule has 0 radical (unpaired) electrons. The van der Waals surface area contributed by atoms with E-state index in [1.54, 1.807) is 12.4 Å². The lowest BCUT2D eigenvalue weighted by Gasteiger charge is -2.19. The SMILES string of the molecule is O=C(NC1CC2CN(c3ncccn3)CC2C1)c1ccccc1. The largest absolute Gasteiger partial charge is 0.349 e. The molecule has 1 aliphatic carbocycles. The summed E-state index contributed by atoms with van der Waals surface area (Å²) in [6, 6.07) is 11.6. The zero-order chi connectivity index (χ0) is 15.6. The van der Waals surface area contributed by atoms with Crippen LogP contribution in [-0.4, -0.2) is 35.0 Å². The zero-order valence-corrected chi connectivity index (χ0v) is 12.9. The second kappa shape index (κ2) is 5.99. The van der Waals surface area contributed by atoms with Crippen molar-refractivity contribution in [2.75, 3.05) is 18.0 Å². The van der Waals surface area contributed by atoms with Crippen LogP contribution in [-0.2, 0) is 0 Å². The first-order valence-electron chi connectivity index (χ1n) is 8.17. The van der Waals surface area contributed by atoms with Crippen LogP contribution >= 0.6 is 0 Å². The van der Waals surface area contributed by atoms with E-state index in [9.17, 15) is 4.79 Å². The van der Waals surface area contributed by atoms with Crippen LogP contribution < -0.4 is 10.2 Å². The van der Waals surface area contributed by atoms with Crippen LogP contribution in [0.1, 0.15) is 23.2 Å². The molecule has 1 aromatic heterocycles. The fourth-order valence-electron chi connectivity index (χ4n) is 3.89. The summed E-state index contributed by atoms with van der Waals surface area (Å²) >= 11 is 0. The van der Waals surface area contributed by atoms with Gasteiger partial charge in [-0.3, -0.25) is 4.79 Å². The van der Waals surface area contributed by atoms with E-state index in [0.717, 1.165) is 37.4 Å². The van der Waals surface area contributed by atoms with Crippen molar-refractivity contribution < 1.29 is 4.79 Å². The number of rotatable bonds is 3. The molecular formula is C18H20N4O. The molecule has 1 saturated carbocycles. The highest BCUT2D eigenvalue weighted by atomic mass is 16.1. The van der Waals surface area contributed by atoms with Gasteiger partial charge in [0, 0.05) is 37.1 Å². The minimum Gasteiger partial charge on any atom is -0.349 e. The summed E-state index contributed by atoms with van der Waals surface area (Å²) in [5.74, 6) is 2.12. The average molecular weight is 308 g/mol. The monoisotopic (exact) mass is 308 g/mol. The van der Waals surface area contributed by atoms with Crippen LogP contribution in [0, 0.1) is 11.8 Å². The molecule has 2 unspecified atom stereocenters. The Balaban J connectivity index is 1.35. The minimum atomic E-state index is 0.0406. The van der Waals surface area contributed by atoms with Crippen LogP contribution in [0.25, 0.3) is 0 Å². The molecule has 4 rings (SSSR count). The molecule has 23 heavy (non-hydrogen) atoms. The number of nitrogens with one attached hydrogen (secondary N) is 1. The predicted molar refractivity (Wildman–Crippen MR) is 88.2 cm³/mol. The quantitative estimate of drug-likeness (QED) is 0.943. The first-order valence-corrected chi connectivity index (χ1v) is 8.17. The van der Waals surface area contributed by atoms with Crippen molar-refractivity contribution in [1.82, 2.24) is 15.3 Å². The van der Waals surface area contributed by atoms with Gasteiger partial charge in [0.15, 0.2) is 0 Å². The van der Waals surface area contributed by atoms with E-state index in [1.807, 2.05) is 36.4 Å². The van der Waals surface area contributed by atoms with E-state index < -0.39 is 0 Å². The van der Waals surface area contributed by atoms with Crippen molar-refractivity contribution in [2.45, 2.75) is 18.9 Å². The van der Waals surface area contributed by atoms with E-state index in [2.05, 4.69) is 20.2 Å². The van der Waals surface area contributed by atoms with Crippen molar-refractivity contribution in [2.24, 2.45) is 11.8 Å². The van der Waals surface area contributed by atoms with Crippen LogP contribution in [0.3, 0.4) is 0 Å². The molecule has 1 aliphatic heterocycles. The van der Waals surface area contributed by atoms with Crippen molar-refractivity contribution in [3.8, 4) is 0 Å². The fraction of sp³-hybridized carbons (Fsp3) is 0.389. The summed E-state index contributed by atoms with van der Waals surface area (Å²) in [5, 5.41) is 3.19. The third kappa shape index (κ3) is 2.91. The Bertz CT molecular complexity index is 662. The molecule has 5 heteroatoms. The van der Waals surface area contributed by atoms with Crippen molar-refractivity contribution in [3.05, 3.63) is 54.4 Å². The first-order chi connectivity index (χ1) is 11.3.